The fourth-order valence-corrected chi connectivity index (χ4v) is 3.48. The van der Waals surface area contributed by atoms with Crippen molar-refractivity contribution in [3.8, 4) is 0 Å². The number of unbranched alkanes of at least 4 members (excludes halogenated alkanes) is 13. The second-order valence-corrected chi connectivity index (χ2v) is 7.66. The maximum absolute atomic E-state index is 3.47. The van der Waals surface area contributed by atoms with Crippen LogP contribution in [0.4, 0.5) is 0 Å². The molecule has 0 aromatic rings. The summed E-state index contributed by atoms with van der Waals surface area (Å²) in [5.41, 5.74) is 0. The van der Waals surface area contributed by atoms with Crippen LogP contribution in [0.1, 0.15) is 96.8 Å². The molecule has 0 radical (unpaired) electrons. The van der Waals surface area contributed by atoms with E-state index in [0.29, 0.717) is 0 Å². The van der Waals surface area contributed by atoms with Gasteiger partial charge in [-0.3, -0.25) is 3.93 Å². The molecule has 0 fully saturated rings. The highest BCUT2D eigenvalue weighted by Crippen LogP contribution is 2.14. The molecular formula is C19H37BrN2. The Kier molecular flexibility index (Phi) is 13.0. The van der Waals surface area contributed by atoms with E-state index in [1.54, 1.807) is 0 Å². The molecule has 0 aromatic heterocycles. The molecule has 0 atom stereocenters. The van der Waals surface area contributed by atoms with Crippen molar-refractivity contribution < 1.29 is 0 Å². The molecule has 0 spiro atoms. The minimum absolute atomic E-state index is 0.998. The van der Waals surface area contributed by atoms with Crippen molar-refractivity contribution in [2.45, 2.75) is 96.8 Å². The largest absolute Gasteiger partial charge is 0.358 e. The van der Waals surface area contributed by atoms with E-state index in [1.807, 2.05) is 0 Å². The normalized spacial score (nSPS) is 14.3. The average Bonchev–Trinajstić information content (AvgIpc) is 2.93. The van der Waals surface area contributed by atoms with Crippen LogP contribution < -0.4 is 0 Å². The van der Waals surface area contributed by atoms with Gasteiger partial charge in [0, 0.05) is 18.9 Å². The molecule has 3 heteroatoms. The molecule has 0 bridgehead atoms. The molecule has 1 aliphatic heterocycles. The van der Waals surface area contributed by atoms with Gasteiger partial charge >= 0.3 is 0 Å². The number of hydrogen-bond donors (Lipinski definition) is 0. The SMILES string of the molecule is CCCCCCCCCCCCCCCCN1C=CN(Br)C1. The van der Waals surface area contributed by atoms with Gasteiger partial charge in [-0.1, -0.05) is 90.4 Å². The van der Waals surface area contributed by atoms with Gasteiger partial charge in [0.15, 0.2) is 0 Å². The lowest BCUT2D eigenvalue weighted by atomic mass is 10.0. The van der Waals surface area contributed by atoms with Gasteiger partial charge in [0.25, 0.3) is 0 Å². The summed E-state index contributed by atoms with van der Waals surface area (Å²) in [5.74, 6) is 0. The summed E-state index contributed by atoms with van der Waals surface area (Å²) in [6.45, 7) is 4.50. The highest BCUT2D eigenvalue weighted by atomic mass is 79.9. The second-order valence-electron chi connectivity index (χ2n) is 6.75. The van der Waals surface area contributed by atoms with Crippen LogP contribution in [0.3, 0.4) is 0 Å². The Bertz CT molecular complexity index is 268. The zero-order valence-corrected chi connectivity index (χ0v) is 16.3. The summed E-state index contributed by atoms with van der Waals surface area (Å²) in [5, 5.41) is 0. The lowest BCUT2D eigenvalue weighted by Gasteiger charge is -2.16. The smallest absolute Gasteiger partial charge is 0.100 e. The van der Waals surface area contributed by atoms with E-state index in [0.717, 1.165) is 6.67 Å². The van der Waals surface area contributed by atoms with Gasteiger partial charge in [0.05, 0.1) is 16.1 Å². The molecule has 1 rings (SSSR count). The van der Waals surface area contributed by atoms with Crippen LogP contribution in [0.5, 0.6) is 0 Å². The number of rotatable bonds is 15. The molecule has 0 N–H and O–H groups in total. The quantitative estimate of drug-likeness (QED) is 0.229. The van der Waals surface area contributed by atoms with Crippen molar-refractivity contribution in [1.29, 1.82) is 0 Å². The van der Waals surface area contributed by atoms with Crippen LogP contribution >= 0.6 is 16.1 Å². The Balaban J connectivity index is 1.69. The van der Waals surface area contributed by atoms with E-state index >= 15 is 0 Å². The van der Waals surface area contributed by atoms with Crippen molar-refractivity contribution in [1.82, 2.24) is 8.83 Å². The van der Waals surface area contributed by atoms with Crippen molar-refractivity contribution in [3.05, 3.63) is 12.4 Å². The lowest BCUT2D eigenvalue weighted by Crippen LogP contribution is -2.20. The van der Waals surface area contributed by atoms with Gasteiger partial charge in [-0.15, -0.1) is 0 Å². The molecule has 1 heterocycles. The first-order valence-corrected chi connectivity index (χ1v) is 10.4. The van der Waals surface area contributed by atoms with Crippen LogP contribution in [-0.2, 0) is 0 Å². The summed E-state index contributed by atoms with van der Waals surface area (Å²) in [6.07, 6.45) is 24.4. The van der Waals surface area contributed by atoms with E-state index in [2.05, 4.69) is 44.3 Å². The first-order valence-electron chi connectivity index (χ1n) is 9.67. The van der Waals surface area contributed by atoms with Crippen LogP contribution in [-0.4, -0.2) is 22.0 Å². The molecule has 0 unspecified atom stereocenters. The average molecular weight is 373 g/mol. The Morgan fingerprint density at radius 3 is 1.55 bits per heavy atom. The Hall–Kier alpha value is -0.180. The standard InChI is InChI=1S/C19H37BrN2/c1-2-3-4-5-6-7-8-9-10-11-12-13-14-15-16-21-17-18-22(20)19-21/h17-18H,2-16,19H2,1H3. The predicted octanol–water partition coefficient (Wildman–Crippen LogP) is 6.82. The van der Waals surface area contributed by atoms with Crippen LogP contribution in [0, 0.1) is 0 Å². The van der Waals surface area contributed by atoms with E-state index in [4.69, 9.17) is 0 Å². The minimum atomic E-state index is 0.998. The molecule has 22 heavy (non-hydrogen) atoms. The van der Waals surface area contributed by atoms with Crippen molar-refractivity contribution >= 4 is 16.1 Å². The maximum Gasteiger partial charge on any atom is 0.100 e. The van der Waals surface area contributed by atoms with E-state index < -0.39 is 0 Å². The third-order valence-corrected chi connectivity index (χ3v) is 5.02. The van der Waals surface area contributed by atoms with Gasteiger partial charge in [0.2, 0.25) is 0 Å². The topological polar surface area (TPSA) is 6.48 Å². The molecule has 0 saturated heterocycles. The third-order valence-electron chi connectivity index (χ3n) is 4.55. The van der Waals surface area contributed by atoms with Crippen molar-refractivity contribution in [2.24, 2.45) is 0 Å². The monoisotopic (exact) mass is 372 g/mol. The van der Waals surface area contributed by atoms with Gasteiger partial charge in [0.1, 0.15) is 6.67 Å². The summed E-state index contributed by atoms with van der Waals surface area (Å²) in [7, 11) is 0. The lowest BCUT2D eigenvalue weighted by molar-refractivity contribution is 0.340. The molecule has 1 aliphatic rings. The molecule has 0 saturated carbocycles. The van der Waals surface area contributed by atoms with Gasteiger partial charge in [-0.25, -0.2) is 0 Å². The van der Waals surface area contributed by atoms with E-state index in [-0.39, 0.29) is 0 Å². The number of hydrogen-bond acceptors (Lipinski definition) is 2. The van der Waals surface area contributed by atoms with Crippen LogP contribution in [0.2, 0.25) is 0 Å². The second kappa shape index (κ2) is 14.4. The van der Waals surface area contributed by atoms with Crippen molar-refractivity contribution in [2.75, 3.05) is 13.2 Å². The van der Waals surface area contributed by atoms with E-state index in [1.165, 1.54) is 96.4 Å². The van der Waals surface area contributed by atoms with Gasteiger partial charge < -0.3 is 4.90 Å². The third kappa shape index (κ3) is 11.4. The zero-order valence-electron chi connectivity index (χ0n) is 14.7. The predicted molar refractivity (Wildman–Crippen MR) is 102 cm³/mol. The summed E-state index contributed by atoms with van der Waals surface area (Å²) < 4.78 is 2.05. The Morgan fingerprint density at radius 1 is 0.682 bits per heavy atom. The fourth-order valence-electron chi connectivity index (χ4n) is 3.09. The fraction of sp³-hybridized carbons (Fsp3) is 0.895. The Labute approximate surface area is 147 Å². The molecular weight excluding hydrogens is 336 g/mol. The Morgan fingerprint density at radius 2 is 1.14 bits per heavy atom. The first kappa shape index (κ1) is 19.9. The number of nitrogens with zero attached hydrogens (tertiary/aromatic N) is 2. The highest BCUT2D eigenvalue weighted by Gasteiger charge is 2.08. The van der Waals surface area contributed by atoms with E-state index in [9.17, 15) is 0 Å². The molecule has 0 aromatic carbocycles. The minimum Gasteiger partial charge on any atom is -0.358 e. The van der Waals surface area contributed by atoms with Gasteiger partial charge in [-0.2, -0.15) is 0 Å². The highest BCUT2D eigenvalue weighted by molar-refractivity contribution is 9.07. The maximum atomic E-state index is 3.47. The summed E-state index contributed by atoms with van der Waals surface area (Å²) in [4.78, 5) is 2.37. The zero-order chi connectivity index (χ0) is 15.9. The summed E-state index contributed by atoms with van der Waals surface area (Å²) >= 11 is 3.47. The first-order chi connectivity index (χ1) is 10.8. The number of halogens is 1. The molecule has 0 aliphatic carbocycles. The molecule has 0 amide bonds. The summed E-state index contributed by atoms with van der Waals surface area (Å²) in [6, 6.07) is 0. The molecule has 130 valence electrons. The van der Waals surface area contributed by atoms with Crippen molar-refractivity contribution in [3.63, 3.8) is 0 Å². The molecule has 2 nitrogen and oxygen atoms in total. The van der Waals surface area contributed by atoms with Crippen LogP contribution in [0.25, 0.3) is 0 Å². The van der Waals surface area contributed by atoms with Gasteiger partial charge in [-0.05, 0) is 6.42 Å². The van der Waals surface area contributed by atoms with Crippen LogP contribution in [0.15, 0.2) is 12.4 Å².